The van der Waals surface area contributed by atoms with Crippen molar-refractivity contribution in [2.24, 2.45) is 0 Å². The van der Waals surface area contributed by atoms with Crippen molar-refractivity contribution in [3.8, 4) is 0 Å². The second-order valence-corrected chi connectivity index (χ2v) is 9.00. The molecule has 0 radical (unpaired) electrons. The zero-order valence-electron chi connectivity index (χ0n) is 19.8. The molecule has 0 atom stereocenters. The van der Waals surface area contributed by atoms with Gasteiger partial charge in [0.05, 0.1) is 13.2 Å². The minimum atomic E-state index is 0.0827. The van der Waals surface area contributed by atoms with Crippen LogP contribution in [0.3, 0.4) is 0 Å². The summed E-state index contributed by atoms with van der Waals surface area (Å²) in [5, 5.41) is 16.9. The maximum Gasteiger partial charge on any atom is 0.229 e. The van der Waals surface area contributed by atoms with Crippen molar-refractivity contribution in [3.05, 3.63) is 53.9 Å². The summed E-state index contributed by atoms with van der Waals surface area (Å²) in [7, 11) is 0. The Balaban J connectivity index is 1.06. The molecule has 3 aromatic rings. The van der Waals surface area contributed by atoms with E-state index in [-0.39, 0.29) is 5.91 Å². The normalized spacial score (nSPS) is 16.1. The molecule has 3 heterocycles. The highest BCUT2D eigenvalue weighted by Crippen LogP contribution is 2.39. The number of rotatable bonds is 11. The van der Waals surface area contributed by atoms with Crippen molar-refractivity contribution in [3.63, 3.8) is 0 Å². The van der Waals surface area contributed by atoms with E-state index in [1.807, 2.05) is 36.4 Å². The van der Waals surface area contributed by atoms with E-state index in [2.05, 4.69) is 41.0 Å². The number of amides is 1. The van der Waals surface area contributed by atoms with Gasteiger partial charge in [-0.1, -0.05) is 12.1 Å². The first-order valence-electron chi connectivity index (χ1n) is 12.3. The third kappa shape index (κ3) is 7.00. The molecule has 1 amide bonds. The van der Waals surface area contributed by atoms with Gasteiger partial charge in [0.1, 0.15) is 5.82 Å². The van der Waals surface area contributed by atoms with Crippen LogP contribution in [0, 0.1) is 0 Å². The Morgan fingerprint density at radius 2 is 1.91 bits per heavy atom. The monoisotopic (exact) mass is 476 g/mol. The molecule has 10 heteroatoms. The van der Waals surface area contributed by atoms with Crippen LogP contribution in [0.25, 0.3) is 0 Å². The van der Waals surface area contributed by atoms with Crippen LogP contribution in [0.2, 0.25) is 0 Å². The number of carbonyl (C=O) groups is 1. The number of carbonyl (C=O) groups excluding carboxylic acids is 1. The molecule has 10 nitrogen and oxygen atoms in total. The van der Waals surface area contributed by atoms with E-state index in [4.69, 9.17) is 4.74 Å². The van der Waals surface area contributed by atoms with Crippen molar-refractivity contribution in [2.75, 3.05) is 50.0 Å². The first kappa shape index (κ1) is 23.3. The Labute approximate surface area is 204 Å². The van der Waals surface area contributed by atoms with E-state index in [1.54, 1.807) is 6.20 Å². The van der Waals surface area contributed by atoms with Crippen LogP contribution >= 0.6 is 0 Å². The molecule has 0 bridgehead atoms. The van der Waals surface area contributed by atoms with Crippen molar-refractivity contribution in [1.82, 2.24) is 30.4 Å². The lowest BCUT2D eigenvalue weighted by Crippen LogP contribution is -2.41. The number of ether oxygens (including phenoxy) is 1. The highest BCUT2D eigenvalue weighted by atomic mass is 16.5. The van der Waals surface area contributed by atoms with Gasteiger partial charge in [0.2, 0.25) is 11.9 Å². The lowest BCUT2D eigenvalue weighted by molar-refractivity contribution is -0.121. The van der Waals surface area contributed by atoms with Crippen LogP contribution in [0.5, 0.6) is 0 Å². The van der Waals surface area contributed by atoms with Gasteiger partial charge in [-0.25, -0.2) is 4.98 Å². The van der Waals surface area contributed by atoms with Crippen molar-refractivity contribution in [1.29, 1.82) is 0 Å². The number of benzene rings is 1. The van der Waals surface area contributed by atoms with E-state index >= 15 is 0 Å². The van der Waals surface area contributed by atoms with Crippen LogP contribution in [0.4, 0.5) is 23.3 Å². The minimum Gasteiger partial charge on any atom is -0.379 e. The quantitative estimate of drug-likeness (QED) is 0.333. The van der Waals surface area contributed by atoms with E-state index in [1.165, 1.54) is 18.5 Å². The van der Waals surface area contributed by atoms with E-state index in [9.17, 15) is 4.79 Å². The van der Waals surface area contributed by atoms with Gasteiger partial charge in [-0.05, 0) is 43.0 Å². The van der Waals surface area contributed by atoms with E-state index < -0.39 is 0 Å². The zero-order chi connectivity index (χ0) is 23.9. The largest absolute Gasteiger partial charge is 0.379 e. The number of aromatic nitrogens is 4. The van der Waals surface area contributed by atoms with Gasteiger partial charge in [-0.2, -0.15) is 10.1 Å². The zero-order valence-corrected chi connectivity index (χ0v) is 19.8. The lowest BCUT2D eigenvalue weighted by Gasteiger charge is -2.26. The Hall–Kier alpha value is -3.50. The summed E-state index contributed by atoms with van der Waals surface area (Å²) in [6.45, 7) is 4.98. The standard InChI is InChI=1S/C25H32N8O2/c34-24(26-11-12-33-13-15-35-16-14-33)8-3-18-1-6-20(7-2-18)28-25-27-10-9-22(30-25)29-23-17-21(31-32-23)19-4-5-19/h1-2,6-7,9-10,17,19H,3-5,8,11-16H2,(H,26,34)(H3,27,28,29,30,31,32). The van der Waals surface area contributed by atoms with Crippen LogP contribution in [0.15, 0.2) is 42.6 Å². The predicted octanol–water partition coefficient (Wildman–Crippen LogP) is 2.95. The van der Waals surface area contributed by atoms with E-state index in [0.29, 0.717) is 37.1 Å². The first-order valence-corrected chi connectivity index (χ1v) is 12.3. The molecule has 5 rings (SSSR count). The summed E-state index contributed by atoms with van der Waals surface area (Å²) >= 11 is 0. The summed E-state index contributed by atoms with van der Waals surface area (Å²) in [6.07, 6.45) is 5.34. The van der Waals surface area contributed by atoms with Crippen LogP contribution in [-0.4, -0.2) is 70.4 Å². The first-order chi connectivity index (χ1) is 17.2. The van der Waals surface area contributed by atoms with Gasteiger partial charge in [0.15, 0.2) is 5.82 Å². The Bertz CT molecular complexity index is 1110. The molecule has 2 aliphatic rings. The van der Waals surface area contributed by atoms with Gasteiger partial charge in [0.25, 0.3) is 0 Å². The summed E-state index contributed by atoms with van der Waals surface area (Å²) in [6, 6.07) is 11.8. The summed E-state index contributed by atoms with van der Waals surface area (Å²) in [5.41, 5.74) is 3.17. The molecule has 1 saturated carbocycles. The van der Waals surface area contributed by atoms with Crippen LogP contribution in [-0.2, 0) is 16.0 Å². The third-order valence-electron chi connectivity index (χ3n) is 6.23. The molecule has 35 heavy (non-hydrogen) atoms. The van der Waals surface area contributed by atoms with Crippen molar-refractivity contribution >= 4 is 29.2 Å². The second kappa shape index (κ2) is 11.3. The molecular weight excluding hydrogens is 444 g/mol. The number of hydrogen-bond acceptors (Lipinski definition) is 8. The minimum absolute atomic E-state index is 0.0827. The van der Waals surface area contributed by atoms with Gasteiger partial charge in [-0.3, -0.25) is 14.8 Å². The molecule has 1 aliphatic heterocycles. The number of morpholine rings is 1. The molecule has 0 unspecified atom stereocenters. The molecular formula is C25H32N8O2. The van der Waals surface area contributed by atoms with Gasteiger partial charge in [-0.15, -0.1) is 0 Å². The number of H-pyrrole nitrogens is 1. The highest BCUT2D eigenvalue weighted by molar-refractivity contribution is 5.76. The summed E-state index contributed by atoms with van der Waals surface area (Å²) in [4.78, 5) is 23.3. The molecule has 0 spiro atoms. The molecule has 4 N–H and O–H groups in total. The van der Waals surface area contributed by atoms with Crippen LogP contribution in [0.1, 0.15) is 36.4 Å². The van der Waals surface area contributed by atoms with Gasteiger partial charge < -0.3 is 20.7 Å². The van der Waals surface area contributed by atoms with Crippen molar-refractivity contribution < 1.29 is 9.53 Å². The summed E-state index contributed by atoms with van der Waals surface area (Å²) < 4.78 is 5.35. The molecule has 2 fully saturated rings. The molecule has 1 aromatic carbocycles. The number of nitrogens with one attached hydrogen (secondary N) is 4. The Morgan fingerprint density at radius 3 is 2.71 bits per heavy atom. The second-order valence-electron chi connectivity index (χ2n) is 9.00. The van der Waals surface area contributed by atoms with Gasteiger partial charge >= 0.3 is 0 Å². The maximum atomic E-state index is 12.2. The fourth-order valence-corrected chi connectivity index (χ4v) is 4.03. The number of nitrogens with zero attached hydrogens (tertiary/aromatic N) is 4. The fourth-order valence-electron chi connectivity index (χ4n) is 4.03. The number of aromatic amines is 1. The molecule has 184 valence electrons. The van der Waals surface area contributed by atoms with E-state index in [0.717, 1.165) is 49.9 Å². The number of anilines is 4. The van der Waals surface area contributed by atoms with Gasteiger partial charge in [0, 0.05) is 62.2 Å². The Kier molecular flexibility index (Phi) is 7.50. The van der Waals surface area contributed by atoms with Crippen molar-refractivity contribution in [2.45, 2.75) is 31.6 Å². The highest BCUT2D eigenvalue weighted by Gasteiger charge is 2.25. The average molecular weight is 477 g/mol. The number of hydrogen-bond donors (Lipinski definition) is 4. The predicted molar refractivity (Wildman–Crippen MR) is 134 cm³/mol. The number of aryl methyl sites for hydroxylation is 1. The average Bonchev–Trinajstić information content (AvgIpc) is 3.63. The SMILES string of the molecule is O=C(CCc1ccc(Nc2nccc(Nc3cc(C4CC4)[nH]n3)n2)cc1)NCCN1CCOCC1. The lowest BCUT2D eigenvalue weighted by atomic mass is 10.1. The topological polar surface area (TPSA) is 120 Å². The van der Waals surface area contributed by atoms with Crippen LogP contribution < -0.4 is 16.0 Å². The maximum absolute atomic E-state index is 12.2. The third-order valence-corrected chi connectivity index (χ3v) is 6.23. The molecule has 2 aromatic heterocycles. The molecule has 1 saturated heterocycles. The summed E-state index contributed by atoms with van der Waals surface area (Å²) in [5.74, 6) is 2.64. The fraction of sp³-hybridized carbons (Fsp3) is 0.440. The Morgan fingerprint density at radius 1 is 1.09 bits per heavy atom. The molecule has 1 aliphatic carbocycles. The smallest absolute Gasteiger partial charge is 0.229 e.